The van der Waals surface area contributed by atoms with Gasteiger partial charge in [-0.1, -0.05) is 95.3 Å². The van der Waals surface area contributed by atoms with Crippen molar-refractivity contribution >= 4 is 35.1 Å². The second kappa shape index (κ2) is 27.2. The Balaban J connectivity index is 1.37. The van der Waals surface area contributed by atoms with E-state index in [2.05, 4.69) is 10.6 Å². The molecule has 5 rings (SSSR count). The molecule has 0 saturated carbocycles. The van der Waals surface area contributed by atoms with Gasteiger partial charge in [0.25, 0.3) is 0 Å². The second-order valence-corrected chi connectivity index (χ2v) is 20.8. The van der Waals surface area contributed by atoms with Crippen LogP contribution in [0.1, 0.15) is 96.8 Å². The van der Waals surface area contributed by atoms with Crippen LogP contribution in [0.15, 0.2) is 90.8 Å². The molecule has 0 aliphatic carbocycles. The molecule has 16 heteroatoms. The van der Waals surface area contributed by atoms with Gasteiger partial charge in [-0.2, -0.15) is 0 Å². The molecule has 72 heavy (non-hydrogen) atoms. The van der Waals surface area contributed by atoms with Crippen molar-refractivity contribution in [3.05, 3.63) is 107 Å². The molecule has 3 aromatic rings. The van der Waals surface area contributed by atoms with Gasteiger partial charge in [-0.15, -0.1) is 0 Å². The number of nitrogens with two attached hydrogens (primary N) is 2. The molecule has 0 spiro atoms. The van der Waals surface area contributed by atoms with Gasteiger partial charge in [0.15, 0.2) is 28.8 Å². The monoisotopic (exact) mass is 996 g/mol. The number of benzene rings is 3. The van der Waals surface area contributed by atoms with Crippen molar-refractivity contribution in [2.24, 2.45) is 35.2 Å². The van der Waals surface area contributed by atoms with Crippen molar-refractivity contribution in [2.45, 2.75) is 117 Å². The Hall–Kier alpha value is -5.94. The molecular formula is C56H79N6O10+. The Bertz CT molecular complexity index is 2310. The van der Waals surface area contributed by atoms with E-state index in [9.17, 15) is 28.8 Å². The molecule has 392 valence electrons. The topological polar surface area (TPSA) is 222 Å². The van der Waals surface area contributed by atoms with Gasteiger partial charge in [-0.05, 0) is 80.2 Å². The maximum absolute atomic E-state index is 14.7. The summed E-state index contributed by atoms with van der Waals surface area (Å²) in [5.41, 5.74) is 8.23. The van der Waals surface area contributed by atoms with Gasteiger partial charge in [0, 0.05) is 49.9 Å². The number of nitrogens with one attached hydrogen (secondary N) is 2. The minimum absolute atomic E-state index is 0.00297. The first-order valence-corrected chi connectivity index (χ1v) is 25.5. The molecule has 6 N–H and O–H groups in total. The molecule has 2 fully saturated rings. The molecule has 5 atom stereocenters. The molecule has 2 aliphatic rings. The number of Topliss-reactive ketones (excluding diaryl/α,β-unsaturated/α-hetero) is 3. The van der Waals surface area contributed by atoms with Crippen LogP contribution < -0.4 is 31.7 Å². The maximum atomic E-state index is 14.7. The highest BCUT2D eigenvalue weighted by Crippen LogP contribution is 2.33. The highest BCUT2D eigenvalue weighted by atomic mass is 16.6. The van der Waals surface area contributed by atoms with Gasteiger partial charge in [0.05, 0.1) is 37.6 Å². The Morgan fingerprint density at radius 3 is 2.00 bits per heavy atom. The SMILES string of the molecule is CCC(=O)Oc1ccc(C[N+]2(CC(=O)C[C@@H](CCc3ccccc3)C(=O)N[C@@H](CC(C)C)C(=O)C[C@@H](Cc3ccccc3)C(=O)N[C@@H](CC(C)C)C(=O)[C@@]3(C)CO3)CCOCC2)cc1OC/C(N)=C/N(C)N. The normalized spacial score (nSPS) is 18.1. The zero-order valence-electron chi connectivity index (χ0n) is 43.5. The number of esters is 1. The second-order valence-electron chi connectivity index (χ2n) is 20.8. The average Bonchev–Trinajstić information content (AvgIpc) is 4.09. The molecule has 2 saturated heterocycles. The number of hydrazine groups is 1. The number of carbonyl (C=O) groups excluding carboxylic acids is 6. The lowest BCUT2D eigenvalue weighted by Gasteiger charge is -2.41. The molecule has 0 unspecified atom stereocenters. The number of carbonyl (C=O) groups is 6. The van der Waals surface area contributed by atoms with Crippen LogP contribution in [-0.2, 0) is 57.6 Å². The number of nitrogens with zero attached hydrogens (tertiary/aromatic N) is 2. The number of quaternary nitrogens is 1. The molecule has 3 aromatic carbocycles. The van der Waals surface area contributed by atoms with Crippen molar-refractivity contribution in [1.82, 2.24) is 15.6 Å². The lowest BCUT2D eigenvalue weighted by Crippen LogP contribution is -2.57. The van der Waals surface area contributed by atoms with Crippen LogP contribution in [0.5, 0.6) is 11.5 Å². The van der Waals surface area contributed by atoms with Gasteiger partial charge < -0.3 is 44.8 Å². The number of hydrogen-bond donors (Lipinski definition) is 4. The van der Waals surface area contributed by atoms with E-state index in [1.807, 2.05) is 94.4 Å². The fourth-order valence-corrected chi connectivity index (χ4v) is 9.20. The average molecular weight is 996 g/mol. The molecule has 16 nitrogen and oxygen atoms in total. The van der Waals surface area contributed by atoms with Gasteiger partial charge in [-0.3, -0.25) is 28.8 Å². The molecule has 0 bridgehead atoms. The summed E-state index contributed by atoms with van der Waals surface area (Å²) >= 11 is 0. The molecule has 2 amide bonds. The highest BCUT2D eigenvalue weighted by Gasteiger charge is 2.50. The lowest BCUT2D eigenvalue weighted by atomic mass is 9.87. The number of aryl methyl sites for hydroxylation is 1. The summed E-state index contributed by atoms with van der Waals surface area (Å²) < 4.78 is 23.3. The van der Waals surface area contributed by atoms with Gasteiger partial charge in [0.2, 0.25) is 11.8 Å². The first-order chi connectivity index (χ1) is 34.3. The minimum Gasteiger partial charge on any atom is -0.483 e. The van der Waals surface area contributed by atoms with Crippen molar-refractivity contribution in [1.29, 1.82) is 0 Å². The van der Waals surface area contributed by atoms with Crippen molar-refractivity contribution in [2.75, 3.05) is 53.1 Å². The number of hydrogen-bond acceptors (Lipinski definition) is 13. The quantitative estimate of drug-likeness (QED) is 0.0156. The van der Waals surface area contributed by atoms with E-state index in [-0.39, 0.29) is 73.8 Å². The Labute approximate surface area is 426 Å². The van der Waals surface area contributed by atoms with Crippen LogP contribution in [0, 0.1) is 23.7 Å². The van der Waals surface area contributed by atoms with E-state index in [0.29, 0.717) is 81.1 Å². The zero-order chi connectivity index (χ0) is 52.4. The molecule has 0 radical (unpaired) electrons. The number of amides is 2. The van der Waals surface area contributed by atoms with Crippen LogP contribution in [0.3, 0.4) is 0 Å². The summed E-state index contributed by atoms with van der Waals surface area (Å²) in [6, 6.07) is 22.8. The maximum Gasteiger partial charge on any atom is 0.311 e. The van der Waals surface area contributed by atoms with E-state index in [1.165, 1.54) is 11.2 Å². The van der Waals surface area contributed by atoms with E-state index in [1.54, 1.807) is 33.0 Å². The van der Waals surface area contributed by atoms with Crippen LogP contribution in [-0.4, -0.2) is 115 Å². The summed E-state index contributed by atoms with van der Waals surface area (Å²) in [4.78, 5) is 84.0. The predicted molar refractivity (Wildman–Crippen MR) is 275 cm³/mol. The summed E-state index contributed by atoms with van der Waals surface area (Å²) in [7, 11) is 1.63. The number of rotatable bonds is 30. The molecular weight excluding hydrogens is 917 g/mol. The van der Waals surface area contributed by atoms with Crippen molar-refractivity contribution in [3.8, 4) is 11.5 Å². The Morgan fingerprint density at radius 2 is 1.40 bits per heavy atom. The third kappa shape index (κ3) is 18.3. The first kappa shape index (κ1) is 57.0. The van der Waals surface area contributed by atoms with E-state index >= 15 is 0 Å². The molecule has 0 aromatic heterocycles. The van der Waals surface area contributed by atoms with E-state index in [0.717, 1.165) is 16.7 Å². The largest absolute Gasteiger partial charge is 0.483 e. The Morgan fingerprint density at radius 1 is 0.806 bits per heavy atom. The number of epoxide rings is 1. The van der Waals surface area contributed by atoms with Crippen molar-refractivity contribution < 1.29 is 52.2 Å². The highest BCUT2D eigenvalue weighted by molar-refractivity contribution is 5.98. The summed E-state index contributed by atoms with van der Waals surface area (Å²) in [6.45, 7) is 14.1. The number of morpholine rings is 1. The third-order valence-electron chi connectivity index (χ3n) is 13.2. The van der Waals surface area contributed by atoms with Crippen LogP contribution in [0.4, 0.5) is 0 Å². The van der Waals surface area contributed by atoms with Gasteiger partial charge in [0.1, 0.15) is 38.4 Å². The first-order valence-electron chi connectivity index (χ1n) is 25.5. The fourth-order valence-electron chi connectivity index (χ4n) is 9.20. The van der Waals surface area contributed by atoms with Crippen molar-refractivity contribution in [3.63, 3.8) is 0 Å². The summed E-state index contributed by atoms with van der Waals surface area (Å²) in [6.07, 6.45) is 3.32. The predicted octanol–water partition coefficient (Wildman–Crippen LogP) is 5.78. The summed E-state index contributed by atoms with van der Waals surface area (Å²) in [5, 5.41) is 7.40. The zero-order valence-corrected chi connectivity index (χ0v) is 43.5. The summed E-state index contributed by atoms with van der Waals surface area (Å²) in [5.74, 6) is 2.96. The molecule has 2 heterocycles. The minimum atomic E-state index is -0.942. The Kier molecular flexibility index (Phi) is 21.5. The smallest absolute Gasteiger partial charge is 0.311 e. The number of ether oxygens (including phenoxy) is 4. The van der Waals surface area contributed by atoms with Gasteiger partial charge in [-0.25, -0.2) is 5.84 Å². The van der Waals surface area contributed by atoms with E-state index in [4.69, 9.17) is 30.5 Å². The molecule has 2 aliphatic heterocycles. The van der Waals surface area contributed by atoms with E-state index < -0.39 is 47.3 Å². The van der Waals surface area contributed by atoms with Gasteiger partial charge >= 0.3 is 5.97 Å². The third-order valence-corrected chi connectivity index (χ3v) is 13.2. The van der Waals surface area contributed by atoms with Crippen LogP contribution >= 0.6 is 0 Å². The lowest BCUT2D eigenvalue weighted by molar-refractivity contribution is -0.940. The van der Waals surface area contributed by atoms with Crippen LogP contribution in [0.25, 0.3) is 0 Å². The fraction of sp³-hybridized carbons (Fsp3) is 0.536. The van der Waals surface area contributed by atoms with Crippen LogP contribution in [0.2, 0.25) is 0 Å². The standard InChI is InChI=1S/C56H78N6O10/c1-8-52(65)72-50-22-20-42(30-51(50)70-36-45(57)33-61(7)58)34-62(23-25-69-26-24-62)35-46(63)31-43(21-19-40-15-11-9-12-16-40)54(67)59-47(27-38(2)3)49(64)32-44(29-41-17-13-10-14-18-41)55(68)60-48(28-39(4)5)53(66)56(6)37-71-56/h9-18,20,22,30,33,38-39,43-44,47-48H,8,19,21,23-29,31-32,34-37,57-58H2,1-7H3,(H-,59,60,67,68)/p+1/b45-33-/t43-,44-,47+,48+,56-/m1/s1. The number of ketones is 3.